The van der Waals surface area contributed by atoms with Gasteiger partial charge in [0.15, 0.2) is 5.82 Å². The van der Waals surface area contributed by atoms with Crippen molar-refractivity contribution in [3.8, 4) is 5.88 Å². The quantitative estimate of drug-likeness (QED) is 0.0538. The molecule has 0 atom stereocenters. The normalized spacial score (nSPS) is 12.2. The van der Waals surface area contributed by atoms with Gasteiger partial charge in [0.25, 0.3) is 41.9 Å². The van der Waals surface area contributed by atoms with Crippen LogP contribution >= 0.6 is 0 Å². The molecule has 0 aliphatic carbocycles. The molecule has 0 spiro atoms. The fourth-order valence-electron chi connectivity index (χ4n) is 4.61. The second-order valence-electron chi connectivity index (χ2n) is 10.9. The molecule has 0 radical (unpaired) electrons. The third-order valence-corrected chi connectivity index (χ3v) is 9.57. The van der Waals surface area contributed by atoms with Crippen molar-refractivity contribution in [1.29, 1.82) is 0 Å². The summed E-state index contributed by atoms with van der Waals surface area (Å²) in [5.41, 5.74) is -3.78. The van der Waals surface area contributed by atoms with Crippen LogP contribution in [0.4, 0.5) is 59.3 Å². The van der Waals surface area contributed by atoms with Gasteiger partial charge in [0, 0.05) is 24.0 Å². The first-order chi connectivity index (χ1) is 25.5. The highest BCUT2D eigenvalue weighted by Crippen LogP contribution is 2.35. The molecule has 3 heterocycles. The lowest BCUT2D eigenvalue weighted by molar-refractivity contribution is 0.422. The van der Waals surface area contributed by atoms with Crippen LogP contribution in [0.5, 0.6) is 5.88 Å². The zero-order valence-electron chi connectivity index (χ0n) is 27.3. The summed E-state index contributed by atoms with van der Waals surface area (Å²) in [5, 5.41) is 25.2. The van der Waals surface area contributed by atoms with Crippen molar-refractivity contribution in [2.75, 3.05) is 16.0 Å². The van der Waals surface area contributed by atoms with Gasteiger partial charge in [-0.05, 0) is 48.9 Å². The van der Waals surface area contributed by atoms with E-state index in [1.807, 2.05) is 0 Å². The molecule has 0 bridgehead atoms. The van der Waals surface area contributed by atoms with E-state index in [4.69, 9.17) is 0 Å². The van der Waals surface area contributed by atoms with Gasteiger partial charge in [0.1, 0.15) is 33.2 Å². The van der Waals surface area contributed by atoms with Crippen molar-refractivity contribution in [1.82, 2.24) is 29.5 Å². The molecule has 0 unspecified atom stereocenters. The number of anilines is 6. The van der Waals surface area contributed by atoms with Gasteiger partial charge >= 0.3 is 6.08 Å². The number of hydrogen-bond acceptors (Lipinski definition) is 18. The summed E-state index contributed by atoms with van der Waals surface area (Å²) in [7, 11) is -13.7. The Bertz CT molecular complexity index is 2810. The molecular formula is C27H22F3N11O11S3. The maximum atomic E-state index is 14.6. The number of aromatic nitrogens is 6. The molecule has 0 fully saturated rings. The summed E-state index contributed by atoms with van der Waals surface area (Å²) < 4.78 is 143. The Kier molecular flexibility index (Phi) is 10.8. The summed E-state index contributed by atoms with van der Waals surface area (Å²) in [5.74, 6) is -6.98. The van der Waals surface area contributed by atoms with Gasteiger partial charge in [-0.15, -0.1) is 10.2 Å². The highest BCUT2D eigenvalue weighted by Gasteiger charge is 2.23. The fraction of sp³-hybridized carbons (Fsp3) is 0.111. The summed E-state index contributed by atoms with van der Waals surface area (Å²) >= 11 is 0. The zero-order valence-corrected chi connectivity index (χ0v) is 29.8. The summed E-state index contributed by atoms with van der Waals surface area (Å²) in [6.07, 6.45) is -0.779. The second kappa shape index (κ2) is 14.9. The molecule has 0 aliphatic rings. The van der Waals surface area contributed by atoms with Crippen molar-refractivity contribution in [3.05, 3.63) is 82.0 Å². The van der Waals surface area contributed by atoms with Gasteiger partial charge in [-0.3, -0.25) is 23.0 Å². The minimum absolute atomic E-state index is 0.128. The Balaban J connectivity index is 1.51. The summed E-state index contributed by atoms with van der Waals surface area (Å²) in [6, 6.07) is 5.58. The molecule has 0 aliphatic heterocycles. The van der Waals surface area contributed by atoms with Crippen molar-refractivity contribution in [3.63, 3.8) is 0 Å². The molecule has 2 aromatic carbocycles. The maximum Gasteiger partial charge on any atom is 0.315 e. The third kappa shape index (κ3) is 9.31. The van der Waals surface area contributed by atoms with E-state index >= 15 is 0 Å². The Morgan fingerprint density at radius 1 is 0.800 bits per heavy atom. The lowest BCUT2D eigenvalue weighted by atomic mass is 10.1. The molecule has 0 amide bonds. The van der Waals surface area contributed by atoms with E-state index in [9.17, 15) is 62.0 Å². The number of halogens is 3. The highest BCUT2D eigenvalue weighted by atomic mass is 32.2. The Hall–Kier alpha value is -6.20. The van der Waals surface area contributed by atoms with Gasteiger partial charge < -0.3 is 21.1 Å². The minimum Gasteiger partial charge on any atom is -0.493 e. The number of rotatable bonds is 12. The average Bonchev–Trinajstić information content (AvgIpc) is 3.06. The monoisotopic (exact) mass is 829 g/mol. The first-order valence-electron chi connectivity index (χ1n) is 14.4. The van der Waals surface area contributed by atoms with E-state index in [0.717, 1.165) is 50.4 Å². The lowest BCUT2D eigenvalue weighted by Gasteiger charge is -2.13. The van der Waals surface area contributed by atoms with Crippen LogP contribution in [0.15, 0.2) is 67.5 Å². The molecule has 5 rings (SSSR count). The summed E-state index contributed by atoms with van der Waals surface area (Å²) in [4.78, 5) is 28.2. The first-order valence-corrected chi connectivity index (χ1v) is 18.9. The average molecular weight is 830 g/mol. The molecule has 5 aromatic rings. The van der Waals surface area contributed by atoms with Crippen LogP contribution in [0.1, 0.15) is 11.1 Å². The lowest BCUT2D eigenvalue weighted by Crippen LogP contribution is -2.24. The van der Waals surface area contributed by atoms with Crippen LogP contribution in [-0.2, 0) is 43.2 Å². The van der Waals surface area contributed by atoms with Gasteiger partial charge in [0.2, 0.25) is 23.6 Å². The van der Waals surface area contributed by atoms with Crippen molar-refractivity contribution >= 4 is 76.5 Å². The van der Waals surface area contributed by atoms with E-state index in [-0.39, 0.29) is 16.9 Å². The molecular weight excluding hydrogens is 808 g/mol. The SMILES string of the molecule is Cc1c(N=Nc2cc(Nc3nc(F)nc(Nc4cc(Nc5ncnc(F)c5F)ccc4S(=O)(=O)O)n3)ccc2S(=O)(=O)O)c(O)n(C)c(=O)c1CS(=O)(=O)O. The van der Waals surface area contributed by atoms with Crippen LogP contribution in [0.3, 0.4) is 0 Å². The number of nitrogens with zero attached hydrogens (tertiary/aromatic N) is 8. The van der Waals surface area contributed by atoms with Gasteiger partial charge in [-0.25, -0.2) is 9.97 Å². The largest absolute Gasteiger partial charge is 0.493 e. The molecule has 290 valence electrons. The smallest absolute Gasteiger partial charge is 0.315 e. The molecule has 7 N–H and O–H groups in total. The topological polar surface area (TPSA) is 331 Å². The predicted molar refractivity (Wildman–Crippen MR) is 182 cm³/mol. The van der Waals surface area contributed by atoms with E-state index in [1.165, 1.54) is 0 Å². The zero-order chi connectivity index (χ0) is 40.6. The Labute approximate surface area is 306 Å². The highest BCUT2D eigenvalue weighted by molar-refractivity contribution is 7.86. The molecule has 0 saturated heterocycles. The Morgan fingerprint density at radius 3 is 2.02 bits per heavy atom. The van der Waals surface area contributed by atoms with Crippen molar-refractivity contribution in [2.24, 2.45) is 17.3 Å². The van der Waals surface area contributed by atoms with Crippen molar-refractivity contribution in [2.45, 2.75) is 22.5 Å². The molecule has 28 heteroatoms. The van der Waals surface area contributed by atoms with Crippen LogP contribution in [0, 0.1) is 24.8 Å². The number of nitrogens with one attached hydrogen (secondary N) is 3. The van der Waals surface area contributed by atoms with E-state index < -0.39 is 116 Å². The third-order valence-electron chi connectivity index (χ3n) is 7.10. The molecule has 55 heavy (non-hydrogen) atoms. The van der Waals surface area contributed by atoms with E-state index in [2.05, 4.69) is 51.1 Å². The first kappa shape index (κ1) is 40.0. The number of aromatic hydroxyl groups is 1. The number of benzene rings is 2. The van der Waals surface area contributed by atoms with Gasteiger partial charge in [0.05, 0.1) is 5.69 Å². The van der Waals surface area contributed by atoms with Crippen molar-refractivity contribution < 1.29 is 57.2 Å². The van der Waals surface area contributed by atoms with Crippen LogP contribution < -0.4 is 21.5 Å². The van der Waals surface area contributed by atoms with Crippen LogP contribution in [0.2, 0.25) is 0 Å². The molecule has 3 aromatic heterocycles. The number of pyridine rings is 1. The fourth-order valence-corrected chi connectivity index (χ4v) is 6.55. The van der Waals surface area contributed by atoms with E-state index in [1.54, 1.807) is 0 Å². The number of azo groups is 1. The second-order valence-corrected chi connectivity index (χ2v) is 15.1. The van der Waals surface area contributed by atoms with Gasteiger partial charge in [-0.1, -0.05) is 0 Å². The number of hydrogen-bond donors (Lipinski definition) is 7. The predicted octanol–water partition coefficient (Wildman–Crippen LogP) is 3.32. The summed E-state index contributed by atoms with van der Waals surface area (Å²) in [6.45, 7) is 1.16. The molecule has 0 saturated carbocycles. The van der Waals surface area contributed by atoms with Crippen LogP contribution in [0.25, 0.3) is 0 Å². The van der Waals surface area contributed by atoms with Crippen LogP contribution in [-0.4, -0.2) is 73.5 Å². The maximum absolute atomic E-state index is 14.6. The Morgan fingerprint density at radius 2 is 1.40 bits per heavy atom. The van der Waals surface area contributed by atoms with Gasteiger partial charge in [-0.2, -0.15) is 53.4 Å². The van der Waals surface area contributed by atoms with E-state index in [0.29, 0.717) is 10.9 Å². The molecule has 22 nitrogen and oxygen atoms in total. The standard InChI is InChI=1S/C27H22F3N11O11S3/c1-11-14(9-53(44,45)46)23(42)41(2)24(43)20(11)40-39-16-8-13(4-6-18(16)55(50,51)52)34-26-36-25(30)37-27(38-26)35-15-7-12(3-5-17(15)54(47,48)49)33-22-19(28)21(29)31-10-32-22/h3-8,10,43H,9H2,1-2H3,(H,31,32,33)(H,44,45,46)(H,47,48,49)(H,50,51,52)(H2,34,35,36,37,38). The minimum atomic E-state index is -5.03.